The van der Waals surface area contributed by atoms with Crippen molar-refractivity contribution >= 4 is 17.6 Å². The fourth-order valence-corrected chi connectivity index (χ4v) is 6.60. The molecule has 3 fully saturated rings. The molecule has 7 nitrogen and oxygen atoms in total. The van der Waals surface area contributed by atoms with Crippen molar-refractivity contribution in [3.05, 3.63) is 42.5 Å². The maximum Gasteiger partial charge on any atom is 0.185 e. The van der Waals surface area contributed by atoms with Crippen LogP contribution >= 0.6 is 11.8 Å². The van der Waals surface area contributed by atoms with Gasteiger partial charge in [-0.15, -0.1) is 22.0 Å². The summed E-state index contributed by atoms with van der Waals surface area (Å²) in [6.45, 7) is 4.69. The molecule has 6 rings (SSSR count). The molecule has 3 aliphatic rings. The molecular formula is C27H31FN6OS. The van der Waals surface area contributed by atoms with E-state index in [4.69, 9.17) is 0 Å². The Hall–Kier alpha value is -2.78. The topological polar surface area (TPSA) is 87.1 Å². The van der Waals surface area contributed by atoms with Crippen molar-refractivity contribution in [1.82, 2.24) is 25.5 Å². The van der Waals surface area contributed by atoms with Crippen molar-refractivity contribution in [3.8, 4) is 28.3 Å². The Morgan fingerprint density at radius 3 is 2.33 bits per heavy atom. The molecule has 188 valence electrons. The van der Waals surface area contributed by atoms with Gasteiger partial charge in [0.1, 0.15) is 10.8 Å². The first-order valence-electron chi connectivity index (χ1n) is 12.6. The molecule has 2 aliphatic heterocycles. The fraction of sp³-hybridized carbons (Fsp3) is 0.481. The van der Waals surface area contributed by atoms with Crippen LogP contribution in [0.25, 0.3) is 22.5 Å². The van der Waals surface area contributed by atoms with Gasteiger partial charge in [-0.05, 0) is 82.4 Å². The lowest BCUT2D eigenvalue weighted by Gasteiger charge is -2.46. The van der Waals surface area contributed by atoms with E-state index < -0.39 is 0 Å². The van der Waals surface area contributed by atoms with Crippen LogP contribution in [-0.2, 0) is 0 Å². The van der Waals surface area contributed by atoms with Gasteiger partial charge >= 0.3 is 0 Å². The molecule has 2 bridgehead atoms. The van der Waals surface area contributed by atoms with Crippen molar-refractivity contribution in [2.45, 2.75) is 80.6 Å². The number of nitrogens with zero attached hydrogens (tertiary/aromatic N) is 5. The lowest BCUT2D eigenvalue weighted by molar-refractivity contribution is 0.203. The van der Waals surface area contributed by atoms with E-state index in [2.05, 4.69) is 44.2 Å². The summed E-state index contributed by atoms with van der Waals surface area (Å²) >= 11 is 1.26. The number of aromatic hydroxyl groups is 1. The van der Waals surface area contributed by atoms with Gasteiger partial charge in [-0.25, -0.2) is 14.4 Å². The minimum atomic E-state index is -0.378. The average molecular weight is 507 g/mol. The number of anilines is 1. The highest BCUT2D eigenvalue weighted by Crippen LogP contribution is 2.46. The number of pyridine rings is 1. The third-order valence-electron chi connectivity index (χ3n) is 7.92. The van der Waals surface area contributed by atoms with Crippen molar-refractivity contribution in [3.63, 3.8) is 0 Å². The Balaban J connectivity index is 1.25. The van der Waals surface area contributed by atoms with E-state index in [1.54, 1.807) is 30.8 Å². The number of hydrogen-bond donors (Lipinski definition) is 2. The molecule has 2 saturated heterocycles. The predicted molar refractivity (Wildman–Crippen MR) is 140 cm³/mol. The van der Waals surface area contributed by atoms with Crippen molar-refractivity contribution < 1.29 is 9.50 Å². The van der Waals surface area contributed by atoms with Gasteiger partial charge in [-0.1, -0.05) is 6.07 Å². The third kappa shape index (κ3) is 4.32. The monoisotopic (exact) mass is 506 g/mol. The summed E-state index contributed by atoms with van der Waals surface area (Å²) in [5.41, 5.74) is 2.10. The van der Waals surface area contributed by atoms with Crippen LogP contribution in [0.1, 0.15) is 52.4 Å². The molecule has 1 aliphatic carbocycles. The Kier molecular flexibility index (Phi) is 5.68. The van der Waals surface area contributed by atoms with Gasteiger partial charge in [0, 0.05) is 34.9 Å². The van der Waals surface area contributed by atoms with Crippen molar-refractivity contribution in [2.24, 2.45) is 0 Å². The number of piperidine rings is 1. The quantitative estimate of drug-likeness (QED) is 0.441. The summed E-state index contributed by atoms with van der Waals surface area (Å²) in [6, 6.07) is 7.49. The van der Waals surface area contributed by atoms with E-state index >= 15 is 0 Å². The highest BCUT2D eigenvalue weighted by atomic mass is 32.2. The third-order valence-corrected chi connectivity index (χ3v) is 8.61. The summed E-state index contributed by atoms with van der Waals surface area (Å²) in [7, 11) is 0. The number of thioether (sulfide) groups is 1. The normalized spacial score (nSPS) is 27.3. The van der Waals surface area contributed by atoms with E-state index in [-0.39, 0.29) is 22.6 Å². The molecule has 3 atom stereocenters. The van der Waals surface area contributed by atoms with Gasteiger partial charge in [0.25, 0.3) is 0 Å². The number of benzene rings is 1. The van der Waals surface area contributed by atoms with E-state index in [9.17, 15) is 9.50 Å². The van der Waals surface area contributed by atoms with E-state index in [0.717, 1.165) is 18.7 Å². The summed E-state index contributed by atoms with van der Waals surface area (Å²) in [4.78, 5) is 11.2. The highest BCUT2D eigenvalue weighted by Gasteiger charge is 2.51. The smallest absolute Gasteiger partial charge is 0.185 e. The zero-order valence-corrected chi connectivity index (χ0v) is 21.6. The van der Waals surface area contributed by atoms with Crippen LogP contribution in [0, 0.1) is 5.82 Å². The van der Waals surface area contributed by atoms with Gasteiger partial charge in [0.05, 0.1) is 11.8 Å². The van der Waals surface area contributed by atoms with Gasteiger partial charge < -0.3 is 15.3 Å². The number of nitrogens with one attached hydrogen (secondary N) is 1. The molecule has 9 heteroatoms. The van der Waals surface area contributed by atoms with Crippen molar-refractivity contribution in [2.75, 3.05) is 11.2 Å². The van der Waals surface area contributed by atoms with Crippen LogP contribution in [0.15, 0.2) is 41.7 Å². The minimum absolute atomic E-state index is 0.0197. The van der Waals surface area contributed by atoms with Gasteiger partial charge in [-0.3, -0.25) is 0 Å². The molecule has 0 radical (unpaired) electrons. The number of aromatic nitrogens is 4. The second-order valence-electron chi connectivity index (χ2n) is 11.0. The molecule has 2 aromatic heterocycles. The summed E-state index contributed by atoms with van der Waals surface area (Å²) < 4.78 is 14.2. The largest absolute Gasteiger partial charge is 0.507 e. The number of halogens is 1. The summed E-state index contributed by atoms with van der Waals surface area (Å²) in [5, 5.41) is 23.9. The molecule has 4 heterocycles. The van der Waals surface area contributed by atoms with Crippen LogP contribution in [0.3, 0.4) is 0 Å². The standard InChI is InChI=1S/C27H31FN6OS/c1-26-8-9-27(2,33-26)13-19(12-26)34(18-5-6-18)23-15-29-24(32-31-23)20-7-4-16(11-22(20)35)17-10-21(28)25(36-3)30-14-17/h4,7,10-11,14-15,18-19,33,35H,5-6,8-9,12-13H2,1-3H3/t19?,26-,27+. The lowest BCUT2D eigenvalue weighted by atomic mass is 9.84. The van der Waals surface area contributed by atoms with Crippen LogP contribution in [0.4, 0.5) is 10.2 Å². The lowest BCUT2D eigenvalue weighted by Crippen LogP contribution is -2.59. The molecular weight excluding hydrogens is 475 g/mol. The first kappa shape index (κ1) is 23.6. The van der Waals surface area contributed by atoms with Crippen LogP contribution in [0.5, 0.6) is 5.75 Å². The molecule has 1 unspecified atom stereocenters. The van der Waals surface area contributed by atoms with Crippen LogP contribution < -0.4 is 10.2 Å². The zero-order chi connectivity index (χ0) is 25.1. The van der Waals surface area contributed by atoms with Gasteiger partial charge in [0.15, 0.2) is 17.5 Å². The van der Waals surface area contributed by atoms with E-state index in [1.165, 1.54) is 43.5 Å². The predicted octanol–water partition coefficient (Wildman–Crippen LogP) is 5.20. The van der Waals surface area contributed by atoms with Crippen LogP contribution in [0.2, 0.25) is 0 Å². The first-order valence-corrected chi connectivity index (χ1v) is 13.8. The van der Waals surface area contributed by atoms with Crippen molar-refractivity contribution in [1.29, 1.82) is 0 Å². The Bertz CT molecular complexity index is 1280. The average Bonchev–Trinajstić information content (AvgIpc) is 3.65. The second kappa shape index (κ2) is 8.66. The molecule has 0 amide bonds. The molecule has 36 heavy (non-hydrogen) atoms. The second-order valence-corrected chi connectivity index (χ2v) is 11.8. The Labute approximate surface area is 215 Å². The number of rotatable bonds is 6. The van der Waals surface area contributed by atoms with E-state index in [0.29, 0.717) is 39.6 Å². The minimum Gasteiger partial charge on any atom is -0.507 e. The zero-order valence-electron chi connectivity index (χ0n) is 20.8. The molecule has 2 N–H and O–H groups in total. The number of fused-ring (bicyclic) bond motifs is 2. The number of phenolic OH excluding ortho intramolecular Hbond substituents is 1. The first-order chi connectivity index (χ1) is 17.3. The van der Waals surface area contributed by atoms with E-state index in [1.807, 2.05) is 6.07 Å². The Morgan fingerprint density at radius 1 is 1.00 bits per heavy atom. The van der Waals surface area contributed by atoms with Gasteiger partial charge in [0.2, 0.25) is 0 Å². The molecule has 1 saturated carbocycles. The molecule has 3 aromatic rings. The number of phenols is 1. The highest BCUT2D eigenvalue weighted by molar-refractivity contribution is 7.98. The summed E-state index contributed by atoms with van der Waals surface area (Å²) in [6.07, 6.45) is 12.1. The fourth-order valence-electron chi connectivity index (χ4n) is 6.19. The molecule has 0 spiro atoms. The SMILES string of the molecule is CSc1ncc(-c2ccc(-c3ncc(N(C4CC4)C4C[C@]5(C)CC[C@](C)(C4)N5)nn3)c(O)c2)cc1F. The van der Waals surface area contributed by atoms with Crippen LogP contribution in [-0.4, -0.2) is 54.7 Å². The Morgan fingerprint density at radius 2 is 1.75 bits per heavy atom. The maximum absolute atomic E-state index is 14.2. The van der Waals surface area contributed by atoms with Gasteiger partial charge in [-0.2, -0.15) is 0 Å². The molecule has 1 aromatic carbocycles. The maximum atomic E-state index is 14.2. The number of hydrogen-bond acceptors (Lipinski definition) is 8. The summed E-state index contributed by atoms with van der Waals surface area (Å²) in [5.74, 6) is 0.819.